The van der Waals surface area contributed by atoms with Crippen LogP contribution in [0, 0.1) is 10.1 Å². The van der Waals surface area contributed by atoms with Crippen molar-refractivity contribution in [3.8, 4) is 0 Å². The lowest BCUT2D eigenvalue weighted by molar-refractivity contribution is -0.385. The van der Waals surface area contributed by atoms with E-state index in [0.29, 0.717) is 0 Å². The van der Waals surface area contributed by atoms with Gasteiger partial charge in [0.1, 0.15) is 10.6 Å². The zero-order valence-corrected chi connectivity index (χ0v) is 8.43. The van der Waals surface area contributed by atoms with Gasteiger partial charge in [-0.15, -0.1) is 5.11 Å². The lowest BCUT2D eigenvalue weighted by atomic mass is 10.3. The van der Waals surface area contributed by atoms with E-state index in [2.05, 4.69) is 5.11 Å². The van der Waals surface area contributed by atoms with Gasteiger partial charge in [0.05, 0.1) is 4.92 Å². The number of nitro benzene ring substituents is 1. The molecule has 0 atom stereocenters. The van der Waals surface area contributed by atoms with Crippen LogP contribution in [0.2, 0.25) is 0 Å². The Kier molecular flexibility index (Phi) is 2.80. The van der Waals surface area contributed by atoms with E-state index in [1.807, 2.05) is 0 Å². The Morgan fingerprint density at radius 2 is 2.07 bits per heavy atom. The van der Waals surface area contributed by atoms with Crippen molar-refractivity contribution < 1.29 is 13.3 Å². The van der Waals surface area contributed by atoms with Crippen LogP contribution in [0.3, 0.4) is 0 Å². The maximum Gasteiger partial charge on any atom is 0.270 e. The first-order valence-corrected chi connectivity index (χ1v) is 5.59. The topological polar surface area (TPSA) is 112 Å². The SMILES string of the molecule is CS(=O)(=O)c1cc([N+](=O)[O-])ccc1N=[N]. The molecule has 0 aliphatic rings. The molecule has 0 aliphatic heterocycles. The zero-order chi connectivity index (χ0) is 11.6. The van der Waals surface area contributed by atoms with Crippen molar-refractivity contribution in [3.05, 3.63) is 28.3 Å². The molecule has 0 aromatic heterocycles. The summed E-state index contributed by atoms with van der Waals surface area (Å²) >= 11 is 0. The van der Waals surface area contributed by atoms with Crippen molar-refractivity contribution in [2.45, 2.75) is 4.90 Å². The van der Waals surface area contributed by atoms with Crippen LogP contribution < -0.4 is 5.53 Å². The molecule has 79 valence electrons. The fourth-order valence-electron chi connectivity index (χ4n) is 0.996. The van der Waals surface area contributed by atoms with E-state index in [-0.39, 0.29) is 16.3 Å². The standard InChI is InChI=1S/C7H6N3O4S/c1-15(13,14)7-4-5(10(11)12)2-3-6(7)9-8/h2-4H,1H3. The minimum absolute atomic E-state index is 0.219. The molecular formula is C7H6N3O4S. The molecule has 1 aromatic carbocycles. The van der Waals surface area contributed by atoms with E-state index in [4.69, 9.17) is 5.53 Å². The Morgan fingerprint density at radius 3 is 2.47 bits per heavy atom. The highest BCUT2D eigenvalue weighted by molar-refractivity contribution is 7.90. The third-order valence-corrected chi connectivity index (χ3v) is 2.79. The zero-order valence-electron chi connectivity index (χ0n) is 7.61. The molecule has 0 saturated heterocycles. The van der Waals surface area contributed by atoms with Crippen LogP contribution in [0.25, 0.3) is 0 Å². The predicted molar refractivity (Wildman–Crippen MR) is 50.4 cm³/mol. The molecule has 1 rings (SSSR count). The third kappa shape index (κ3) is 2.34. The van der Waals surface area contributed by atoms with Gasteiger partial charge < -0.3 is 0 Å². The van der Waals surface area contributed by atoms with Crippen LogP contribution in [0.4, 0.5) is 11.4 Å². The van der Waals surface area contributed by atoms with E-state index in [9.17, 15) is 18.5 Å². The van der Waals surface area contributed by atoms with Crippen LogP contribution in [0.15, 0.2) is 28.2 Å². The van der Waals surface area contributed by atoms with E-state index in [1.165, 1.54) is 0 Å². The summed E-state index contributed by atoms with van der Waals surface area (Å²) < 4.78 is 22.4. The Balaban J connectivity index is 3.52. The molecule has 0 amide bonds. The number of nitro groups is 1. The van der Waals surface area contributed by atoms with Gasteiger partial charge in [-0.25, -0.2) is 8.42 Å². The lowest BCUT2D eigenvalue weighted by Crippen LogP contribution is -1.99. The molecule has 0 bridgehead atoms. The normalized spacial score (nSPS) is 11.0. The van der Waals surface area contributed by atoms with Gasteiger partial charge in [-0.05, 0) is 11.6 Å². The minimum atomic E-state index is -3.66. The molecule has 0 saturated carbocycles. The summed E-state index contributed by atoms with van der Waals surface area (Å²) in [5.74, 6) is 0. The van der Waals surface area contributed by atoms with Gasteiger partial charge in [0.25, 0.3) is 5.69 Å². The van der Waals surface area contributed by atoms with Crippen molar-refractivity contribution in [1.82, 2.24) is 5.53 Å². The number of sulfone groups is 1. The molecule has 1 radical (unpaired) electrons. The largest absolute Gasteiger partial charge is 0.270 e. The van der Waals surface area contributed by atoms with Crippen molar-refractivity contribution in [1.29, 1.82) is 0 Å². The summed E-state index contributed by atoms with van der Waals surface area (Å²) in [5, 5.41) is 13.1. The van der Waals surface area contributed by atoms with Crippen LogP contribution in [0.1, 0.15) is 0 Å². The third-order valence-electron chi connectivity index (χ3n) is 1.66. The van der Waals surface area contributed by atoms with Crippen molar-refractivity contribution >= 4 is 21.2 Å². The number of benzene rings is 1. The fraction of sp³-hybridized carbons (Fsp3) is 0.143. The van der Waals surface area contributed by atoms with Gasteiger partial charge in [0, 0.05) is 18.4 Å². The molecule has 0 aliphatic carbocycles. The van der Waals surface area contributed by atoms with E-state index in [0.717, 1.165) is 24.5 Å². The Morgan fingerprint density at radius 1 is 1.47 bits per heavy atom. The van der Waals surface area contributed by atoms with Gasteiger partial charge in [0.15, 0.2) is 9.84 Å². The van der Waals surface area contributed by atoms with Gasteiger partial charge in [-0.2, -0.15) is 0 Å². The minimum Gasteiger partial charge on any atom is -0.258 e. The van der Waals surface area contributed by atoms with Crippen molar-refractivity contribution in [2.24, 2.45) is 5.11 Å². The highest BCUT2D eigenvalue weighted by Crippen LogP contribution is 2.27. The summed E-state index contributed by atoms with van der Waals surface area (Å²) in [5.41, 5.74) is 7.91. The molecule has 0 unspecified atom stereocenters. The number of non-ortho nitro benzene ring substituents is 1. The van der Waals surface area contributed by atoms with Crippen LogP contribution in [0.5, 0.6) is 0 Å². The molecule has 1 aromatic rings. The number of hydrogen-bond acceptors (Lipinski definition) is 5. The molecule has 0 spiro atoms. The van der Waals surface area contributed by atoms with E-state index >= 15 is 0 Å². The van der Waals surface area contributed by atoms with Gasteiger partial charge in [-0.1, -0.05) is 0 Å². The summed E-state index contributed by atoms with van der Waals surface area (Å²) in [6.07, 6.45) is 0.876. The second-order valence-corrected chi connectivity index (χ2v) is 4.77. The second-order valence-electron chi connectivity index (χ2n) is 2.78. The summed E-state index contributed by atoms with van der Waals surface area (Å²) in [4.78, 5) is 9.30. The molecule has 8 heteroatoms. The van der Waals surface area contributed by atoms with Gasteiger partial charge in [0.2, 0.25) is 0 Å². The predicted octanol–water partition coefficient (Wildman–Crippen LogP) is 0.882. The maximum atomic E-state index is 11.2. The Hall–Kier alpha value is -1.83. The molecule has 15 heavy (non-hydrogen) atoms. The van der Waals surface area contributed by atoms with Gasteiger partial charge in [-0.3, -0.25) is 10.1 Å². The second kappa shape index (κ2) is 3.73. The van der Waals surface area contributed by atoms with Crippen molar-refractivity contribution in [2.75, 3.05) is 6.26 Å². The number of nitrogens with zero attached hydrogens (tertiary/aromatic N) is 3. The van der Waals surface area contributed by atoms with Crippen LogP contribution >= 0.6 is 0 Å². The first-order valence-electron chi connectivity index (χ1n) is 3.70. The van der Waals surface area contributed by atoms with Crippen LogP contribution in [-0.2, 0) is 9.84 Å². The molecule has 0 N–H and O–H groups in total. The van der Waals surface area contributed by atoms with E-state index < -0.39 is 14.8 Å². The summed E-state index contributed by atoms with van der Waals surface area (Å²) in [6.45, 7) is 0. The van der Waals surface area contributed by atoms with E-state index in [1.54, 1.807) is 0 Å². The highest BCUT2D eigenvalue weighted by atomic mass is 32.2. The average Bonchev–Trinajstić information content (AvgIpc) is 2.15. The molecule has 7 nitrogen and oxygen atoms in total. The fourth-order valence-corrected chi connectivity index (χ4v) is 1.82. The quantitative estimate of drug-likeness (QED) is 0.434. The molecular weight excluding hydrogens is 222 g/mol. The first kappa shape index (κ1) is 11.2. The summed E-state index contributed by atoms with van der Waals surface area (Å²) in [6, 6.07) is 2.97. The Bertz CT molecular complexity index is 523. The summed E-state index contributed by atoms with van der Waals surface area (Å²) in [7, 11) is -3.66. The number of rotatable bonds is 3. The smallest absolute Gasteiger partial charge is 0.258 e. The lowest BCUT2D eigenvalue weighted by Gasteiger charge is -2.00. The first-order chi connectivity index (χ1) is 6.86. The maximum absolute atomic E-state index is 11.2. The molecule has 0 fully saturated rings. The Labute approximate surface area is 85.3 Å². The number of hydrogen-bond donors (Lipinski definition) is 0. The molecule has 0 heterocycles. The average molecular weight is 228 g/mol. The highest BCUT2D eigenvalue weighted by Gasteiger charge is 2.18. The van der Waals surface area contributed by atoms with Crippen LogP contribution in [-0.4, -0.2) is 19.6 Å². The monoisotopic (exact) mass is 228 g/mol. The van der Waals surface area contributed by atoms with Gasteiger partial charge >= 0.3 is 0 Å². The van der Waals surface area contributed by atoms with Crippen molar-refractivity contribution in [3.63, 3.8) is 0 Å².